The standard InChI is InChI=1S/C21H26N2O2/c1-2-14-25-20-10-8-18(9-11-20)21(24)22-19-12-13-23(16-19)15-17-6-4-3-5-7-17/h3-11,19H,2,12-16H2,1H3,(H,22,24). The van der Waals surface area contributed by atoms with Crippen LogP contribution in [0.25, 0.3) is 0 Å². The van der Waals surface area contributed by atoms with E-state index in [4.69, 9.17) is 4.74 Å². The number of carbonyl (C=O) groups excluding carboxylic acids is 1. The zero-order chi connectivity index (χ0) is 17.5. The topological polar surface area (TPSA) is 41.6 Å². The van der Waals surface area contributed by atoms with Gasteiger partial charge in [-0.3, -0.25) is 9.69 Å². The minimum Gasteiger partial charge on any atom is -0.494 e. The highest BCUT2D eigenvalue weighted by atomic mass is 16.5. The molecule has 1 aliphatic heterocycles. The quantitative estimate of drug-likeness (QED) is 0.840. The second-order valence-corrected chi connectivity index (χ2v) is 6.55. The van der Waals surface area contributed by atoms with Crippen molar-refractivity contribution in [3.8, 4) is 5.75 Å². The van der Waals surface area contributed by atoms with Crippen LogP contribution in [0.15, 0.2) is 54.6 Å². The van der Waals surface area contributed by atoms with Gasteiger partial charge >= 0.3 is 0 Å². The molecule has 1 saturated heterocycles. The van der Waals surface area contributed by atoms with Gasteiger partial charge < -0.3 is 10.1 Å². The molecule has 25 heavy (non-hydrogen) atoms. The summed E-state index contributed by atoms with van der Waals surface area (Å²) in [5.74, 6) is 0.807. The summed E-state index contributed by atoms with van der Waals surface area (Å²) in [7, 11) is 0. The molecule has 2 aromatic carbocycles. The lowest BCUT2D eigenvalue weighted by Gasteiger charge is -2.17. The summed E-state index contributed by atoms with van der Waals surface area (Å²) in [6.07, 6.45) is 1.97. The minimum absolute atomic E-state index is 0.00592. The molecule has 1 heterocycles. The normalized spacial score (nSPS) is 17.4. The molecule has 3 rings (SSSR count). The van der Waals surface area contributed by atoms with E-state index in [1.807, 2.05) is 30.3 Å². The van der Waals surface area contributed by atoms with E-state index in [1.54, 1.807) is 0 Å². The molecular weight excluding hydrogens is 312 g/mol. The molecule has 1 N–H and O–H groups in total. The average Bonchev–Trinajstić information content (AvgIpc) is 3.08. The van der Waals surface area contributed by atoms with Crippen LogP contribution in [0.2, 0.25) is 0 Å². The van der Waals surface area contributed by atoms with E-state index in [-0.39, 0.29) is 11.9 Å². The van der Waals surface area contributed by atoms with E-state index in [0.717, 1.165) is 38.2 Å². The first-order valence-electron chi connectivity index (χ1n) is 9.04. The lowest BCUT2D eigenvalue weighted by atomic mass is 10.2. The second kappa shape index (κ2) is 8.67. The molecule has 2 aromatic rings. The molecule has 1 amide bonds. The van der Waals surface area contributed by atoms with E-state index in [9.17, 15) is 4.79 Å². The highest BCUT2D eigenvalue weighted by Gasteiger charge is 2.24. The summed E-state index contributed by atoms with van der Waals surface area (Å²) in [5.41, 5.74) is 2.00. The maximum absolute atomic E-state index is 12.4. The maximum atomic E-state index is 12.4. The number of hydrogen-bond donors (Lipinski definition) is 1. The van der Waals surface area contributed by atoms with Gasteiger partial charge in [-0.25, -0.2) is 0 Å². The average molecular weight is 338 g/mol. The molecule has 1 unspecified atom stereocenters. The number of ether oxygens (including phenoxy) is 1. The van der Waals surface area contributed by atoms with E-state index < -0.39 is 0 Å². The fourth-order valence-corrected chi connectivity index (χ4v) is 3.13. The zero-order valence-electron chi connectivity index (χ0n) is 14.8. The SMILES string of the molecule is CCCOc1ccc(C(=O)NC2CCN(Cc3ccccc3)C2)cc1. The third-order valence-electron chi connectivity index (χ3n) is 4.45. The van der Waals surface area contributed by atoms with Gasteiger partial charge in [0.2, 0.25) is 0 Å². The first-order valence-corrected chi connectivity index (χ1v) is 9.04. The monoisotopic (exact) mass is 338 g/mol. The summed E-state index contributed by atoms with van der Waals surface area (Å²) < 4.78 is 5.56. The molecule has 4 nitrogen and oxygen atoms in total. The van der Waals surface area contributed by atoms with Gasteiger partial charge in [0.05, 0.1) is 6.61 Å². The number of amides is 1. The van der Waals surface area contributed by atoms with Crippen molar-refractivity contribution >= 4 is 5.91 Å². The Hall–Kier alpha value is -2.33. The van der Waals surface area contributed by atoms with Gasteiger partial charge in [0.1, 0.15) is 5.75 Å². The number of nitrogens with zero attached hydrogens (tertiary/aromatic N) is 1. The zero-order valence-corrected chi connectivity index (χ0v) is 14.8. The maximum Gasteiger partial charge on any atom is 0.251 e. The Balaban J connectivity index is 1.48. The van der Waals surface area contributed by atoms with Crippen LogP contribution < -0.4 is 10.1 Å². The van der Waals surface area contributed by atoms with E-state index in [1.165, 1.54) is 5.56 Å². The number of likely N-dealkylation sites (tertiary alicyclic amines) is 1. The Labute approximate surface area is 149 Å². The summed E-state index contributed by atoms with van der Waals surface area (Å²) >= 11 is 0. The highest BCUT2D eigenvalue weighted by Crippen LogP contribution is 2.16. The molecule has 0 saturated carbocycles. The molecule has 0 bridgehead atoms. The Bertz CT molecular complexity index is 670. The summed E-state index contributed by atoms with van der Waals surface area (Å²) in [6.45, 7) is 5.63. The van der Waals surface area contributed by atoms with Crippen LogP contribution in [0.5, 0.6) is 5.75 Å². The van der Waals surface area contributed by atoms with Crippen molar-refractivity contribution in [3.05, 3.63) is 65.7 Å². The molecule has 1 fully saturated rings. The first kappa shape index (κ1) is 17.5. The van der Waals surface area contributed by atoms with Crippen molar-refractivity contribution in [2.75, 3.05) is 19.7 Å². The number of rotatable bonds is 7. The van der Waals surface area contributed by atoms with E-state index in [2.05, 4.69) is 41.4 Å². The largest absolute Gasteiger partial charge is 0.494 e. The number of hydrogen-bond acceptors (Lipinski definition) is 3. The van der Waals surface area contributed by atoms with Crippen molar-refractivity contribution in [2.45, 2.75) is 32.4 Å². The molecule has 1 atom stereocenters. The second-order valence-electron chi connectivity index (χ2n) is 6.55. The summed E-state index contributed by atoms with van der Waals surface area (Å²) in [4.78, 5) is 14.8. The van der Waals surface area contributed by atoms with Crippen LogP contribution in [0.4, 0.5) is 0 Å². The van der Waals surface area contributed by atoms with Crippen LogP contribution in [0.3, 0.4) is 0 Å². The molecule has 1 aliphatic rings. The molecular formula is C21H26N2O2. The van der Waals surface area contributed by atoms with Crippen molar-refractivity contribution in [1.82, 2.24) is 10.2 Å². The molecule has 0 aromatic heterocycles. The molecule has 132 valence electrons. The van der Waals surface area contributed by atoms with Crippen molar-refractivity contribution < 1.29 is 9.53 Å². The molecule has 0 radical (unpaired) electrons. The smallest absolute Gasteiger partial charge is 0.251 e. The van der Waals surface area contributed by atoms with Gasteiger partial charge in [-0.15, -0.1) is 0 Å². The summed E-state index contributed by atoms with van der Waals surface area (Å²) in [5, 5.41) is 3.15. The van der Waals surface area contributed by atoms with Gasteiger partial charge in [0.25, 0.3) is 5.91 Å². The van der Waals surface area contributed by atoms with Crippen molar-refractivity contribution in [2.24, 2.45) is 0 Å². The molecule has 4 heteroatoms. The van der Waals surface area contributed by atoms with Crippen LogP contribution in [0.1, 0.15) is 35.7 Å². The lowest BCUT2D eigenvalue weighted by molar-refractivity contribution is 0.0937. The van der Waals surface area contributed by atoms with Crippen LogP contribution in [-0.4, -0.2) is 36.5 Å². The van der Waals surface area contributed by atoms with Crippen LogP contribution in [0, 0.1) is 0 Å². The fraction of sp³-hybridized carbons (Fsp3) is 0.381. The fourth-order valence-electron chi connectivity index (χ4n) is 3.13. The van der Waals surface area contributed by atoms with Crippen molar-refractivity contribution in [1.29, 1.82) is 0 Å². The Morgan fingerprint density at radius 3 is 2.64 bits per heavy atom. The van der Waals surface area contributed by atoms with E-state index in [0.29, 0.717) is 12.2 Å². The number of nitrogens with one attached hydrogen (secondary N) is 1. The molecule has 0 spiro atoms. The number of carbonyl (C=O) groups is 1. The van der Waals surface area contributed by atoms with Gasteiger partial charge in [-0.1, -0.05) is 37.3 Å². The van der Waals surface area contributed by atoms with Gasteiger partial charge in [-0.05, 0) is 42.7 Å². The van der Waals surface area contributed by atoms with E-state index >= 15 is 0 Å². The summed E-state index contributed by atoms with van der Waals surface area (Å²) in [6, 6.07) is 18.1. The van der Waals surface area contributed by atoms with Crippen LogP contribution in [-0.2, 0) is 6.54 Å². The Morgan fingerprint density at radius 2 is 1.92 bits per heavy atom. The Morgan fingerprint density at radius 1 is 1.16 bits per heavy atom. The highest BCUT2D eigenvalue weighted by molar-refractivity contribution is 5.94. The predicted molar refractivity (Wildman–Crippen MR) is 99.8 cm³/mol. The van der Waals surface area contributed by atoms with Gasteiger partial charge in [0.15, 0.2) is 0 Å². The van der Waals surface area contributed by atoms with Gasteiger partial charge in [-0.2, -0.15) is 0 Å². The first-order chi connectivity index (χ1) is 12.2. The lowest BCUT2D eigenvalue weighted by Crippen LogP contribution is -2.36. The minimum atomic E-state index is -0.00592. The van der Waals surface area contributed by atoms with Gasteiger partial charge in [0, 0.05) is 31.2 Å². The Kier molecular flexibility index (Phi) is 6.07. The third kappa shape index (κ3) is 5.07. The number of benzene rings is 2. The third-order valence-corrected chi connectivity index (χ3v) is 4.45. The molecule has 0 aliphatic carbocycles. The van der Waals surface area contributed by atoms with Crippen molar-refractivity contribution in [3.63, 3.8) is 0 Å². The van der Waals surface area contributed by atoms with Crippen LogP contribution >= 0.6 is 0 Å². The predicted octanol–water partition coefficient (Wildman–Crippen LogP) is 3.48.